The molecule has 0 aromatic carbocycles. The van der Waals surface area contributed by atoms with Gasteiger partial charge in [-0.25, -0.2) is 0 Å². The van der Waals surface area contributed by atoms with Crippen molar-refractivity contribution in [1.82, 2.24) is 9.78 Å². The number of nitro groups is 1. The van der Waals surface area contributed by atoms with Gasteiger partial charge in [0, 0.05) is 6.61 Å². The molecule has 2 heterocycles. The Hall–Kier alpha value is -0.950. The number of ether oxygens (including phenoxy) is 1. The SMILES string of the molecule is O=[N+]([O-])c1nn(CCCC2CCCO2)cc1Br. The molecule has 0 bridgehead atoms. The predicted octanol–water partition coefficient (Wildman–Crippen LogP) is 2.51. The van der Waals surface area contributed by atoms with E-state index in [9.17, 15) is 10.1 Å². The number of hydrogen-bond acceptors (Lipinski definition) is 4. The zero-order chi connectivity index (χ0) is 12.3. The van der Waals surface area contributed by atoms with Gasteiger partial charge < -0.3 is 14.9 Å². The van der Waals surface area contributed by atoms with Crippen molar-refractivity contribution in [2.24, 2.45) is 0 Å². The maximum absolute atomic E-state index is 10.6. The summed E-state index contributed by atoms with van der Waals surface area (Å²) in [6.45, 7) is 1.55. The van der Waals surface area contributed by atoms with Crippen LogP contribution in [-0.2, 0) is 11.3 Å². The minimum absolute atomic E-state index is 0.123. The normalized spacial score (nSPS) is 19.7. The van der Waals surface area contributed by atoms with Crippen LogP contribution in [0.1, 0.15) is 25.7 Å². The summed E-state index contributed by atoms with van der Waals surface area (Å²) in [6.07, 6.45) is 6.20. The molecular formula is C10H14BrN3O3. The molecule has 6 nitrogen and oxygen atoms in total. The van der Waals surface area contributed by atoms with Crippen LogP contribution in [-0.4, -0.2) is 27.4 Å². The largest absolute Gasteiger partial charge is 0.404 e. The molecule has 1 fully saturated rings. The lowest BCUT2D eigenvalue weighted by Crippen LogP contribution is -2.07. The van der Waals surface area contributed by atoms with Crippen LogP contribution < -0.4 is 0 Å². The molecule has 0 amide bonds. The highest BCUT2D eigenvalue weighted by Gasteiger charge is 2.19. The highest BCUT2D eigenvalue weighted by molar-refractivity contribution is 9.10. The average molecular weight is 304 g/mol. The Morgan fingerprint density at radius 2 is 2.53 bits per heavy atom. The van der Waals surface area contributed by atoms with Gasteiger partial charge in [0.15, 0.2) is 0 Å². The molecule has 1 aliphatic rings. The molecular weight excluding hydrogens is 290 g/mol. The third-order valence-electron chi connectivity index (χ3n) is 2.81. The topological polar surface area (TPSA) is 70.2 Å². The number of aromatic nitrogens is 2. The Balaban J connectivity index is 1.82. The molecule has 94 valence electrons. The van der Waals surface area contributed by atoms with Gasteiger partial charge in [0.2, 0.25) is 0 Å². The third kappa shape index (κ3) is 3.26. The van der Waals surface area contributed by atoms with Crippen LogP contribution >= 0.6 is 15.9 Å². The molecule has 1 saturated heterocycles. The lowest BCUT2D eigenvalue weighted by molar-refractivity contribution is -0.390. The fourth-order valence-corrected chi connectivity index (χ4v) is 2.44. The van der Waals surface area contributed by atoms with E-state index < -0.39 is 4.92 Å². The van der Waals surface area contributed by atoms with Gasteiger partial charge in [0.05, 0.1) is 23.9 Å². The summed E-state index contributed by atoms with van der Waals surface area (Å²) >= 11 is 3.13. The summed E-state index contributed by atoms with van der Waals surface area (Å²) in [6, 6.07) is 0. The van der Waals surface area contributed by atoms with Crippen LogP contribution in [0, 0.1) is 10.1 Å². The minimum Gasteiger partial charge on any atom is -0.378 e. The van der Waals surface area contributed by atoms with Gasteiger partial charge in [-0.2, -0.15) is 4.68 Å². The van der Waals surface area contributed by atoms with E-state index in [1.54, 1.807) is 10.9 Å². The van der Waals surface area contributed by atoms with Crippen LogP contribution in [0.15, 0.2) is 10.7 Å². The van der Waals surface area contributed by atoms with Gasteiger partial charge in [-0.1, -0.05) is 0 Å². The van der Waals surface area contributed by atoms with E-state index in [-0.39, 0.29) is 5.82 Å². The molecule has 0 N–H and O–H groups in total. The molecule has 1 aromatic rings. The summed E-state index contributed by atoms with van der Waals surface area (Å²) in [7, 11) is 0. The number of halogens is 1. The first-order chi connectivity index (χ1) is 8.16. The molecule has 1 aliphatic heterocycles. The van der Waals surface area contributed by atoms with E-state index in [0.29, 0.717) is 17.1 Å². The summed E-state index contributed by atoms with van der Waals surface area (Å²) in [5.41, 5.74) is 0. The van der Waals surface area contributed by atoms with Gasteiger partial charge in [-0.05, 0) is 46.5 Å². The van der Waals surface area contributed by atoms with Crippen LogP contribution in [0.2, 0.25) is 0 Å². The van der Waals surface area contributed by atoms with Crippen LogP contribution in [0.5, 0.6) is 0 Å². The number of aryl methyl sites for hydroxylation is 1. The second-order valence-electron chi connectivity index (χ2n) is 4.10. The summed E-state index contributed by atoms with van der Waals surface area (Å²) in [5, 5.41) is 14.5. The fourth-order valence-electron chi connectivity index (χ4n) is 1.98. The van der Waals surface area contributed by atoms with Crippen molar-refractivity contribution in [3.05, 3.63) is 20.8 Å². The first-order valence-electron chi connectivity index (χ1n) is 5.66. The van der Waals surface area contributed by atoms with Crippen molar-refractivity contribution >= 4 is 21.7 Å². The summed E-state index contributed by atoms with van der Waals surface area (Å²) in [5.74, 6) is -0.123. The maximum Gasteiger partial charge on any atom is 0.404 e. The van der Waals surface area contributed by atoms with Crippen molar-refractivity contribution in [2.75, 3.05) is 6.61 Å². The van der Waals surface area contributed by atoms with Crippen LogP contribution in [0.3, 0.4) is 0 Å². The molecule has 1 aromatic heterocycles. The molecule has 2 rings (SSSR count). The number of nitrogens with zero attached hydrogens (tertiary/aromatic N) is 3. The van der Waals surface area contributed by atoms with Crippen molar-refractivity contribution in [2.45, 2.75) is 38.3 Å². The fraction of sp³-hybridized carbons (Fsp3) is 0.700. The van der Waals surface area contributed by atoms with E-state index in [4.69, 9.17) is 4.74 Å². The summed E-state index contributed by atoms with van der Waals surface area (Å²) < 4.78 is 7.55. The van der Waals surface area contributed by atoms with Gasteiger partial charge in [-0.3, -0.25) is 0 Å². The minimum atomic E-state index is -0.485. The Kier molecular flexibility index (Phi) is 4.11. The molecule has 0 aliphatic carbocycles. The lowest BCUT2D eigenvalue weighted by atomic mass is 10.1. The summed E-state index contributed by atoms with van der Waals surface area (Å²) in [4.78, 5) is 10.1. The molecule has 1 unspecified atom stereocenters. The first kappa shape index (κ1) is 12.5. The van der Waals surface area contributed by atoms with Gasteiger partial charge in [0.25, 0.3) is 0 Å². The molecule has 0 radical (unpaired) electrons. The van der Waals surface area contributed by atoms with Crippen molar-refractivity contribution < 1.29 is 9.66 Å². The van der Waals surface area contributed by atoms with Crippen LogP contribution in [0.4, 0.5) is 5.82 Å². The maximum atomic E-state index is 10.6. The van der Waals surface area contributed by atoms with Crippen molar-refractivity contribution in [3.8, 4) is 0 Å². The van der Waals surface area contributed by atoms with Crippen molar-refractivity contribution in [1.29, 1.82) is 0 Å². The van der Waals surface area contributed by atoms with Gasteiger partial charge >= 0.3 is 5.82 Å². The first-order valence-corrected chi connectivity index (χ1v) is 6.45. The Bertz CT molecular complexity index is 402. The Morgan fingerprint density at radius 3 is 3.12 bits per heavy atom. The van der Waals surface area contributed by atoms with Crippen LogP contribution in [0.25, 0.3) is 0 Å². The van der Waals surface area contributed by atoms with E-state index in [0.717, 1.165) is 32.3 Å². The zero-order valence-electron chi connectivity index (χ0n) is 9.34. The molecule has 0 saturated carbocycles. The zero-order valence-corrected chi connectivity index (χ0v) is 10.9. The van der Waals surface area contributed by atoms with Gasteiger partial charge in [0.1, 0.15) is 4.47 Å². The number of rotatable bonds is 5. The standard InChI is InChI=1S/C10H14BrN3O3/c11-9-7-13(12-10(9)14(15)16)5-1-3-8-4-2-6-17-8/h7-8H,1-6H2. The van der Waals surface area contributed by atoms with E-state index >= 15 is 0 Å². The molecule has 1 atom stereocenters. The molecule has 17 heavy (non-hydrogen) atoms. The molecule has 0 spiro atoms. The quantitative estimate of drug-likeness (QED) is 0.619. The second-order valence-corrected chi connectivity index (χ2v) is 4.95. The van der Waals surface area contributed by atoms with Crippen molar-refractivity contribution in [3.63, 3.8) is 0 Å². The average Bonchev–Trinajstić information content (AvgIpc) is 2.88. The van der Waals surface area contributed by atoms with Gasteiger partial charge in [-0.15, -0.1) is 0 Å². The Morgan fingerprint density at radius 1 is 1.71 bits per heavy atom. The third-order valence-corrected chi connectivity index (χ3v) is 3.37. The smallest absolute Gasteiger partial charge is 0.378 e. The van der Waals surface area contributed by atoms with E-state index in [1.165, 1.54) is 0 Å². The van der Waals surface area contributed by atoms with E-state index in [2.05, 4.69) is 21.0 Å². The predicted molar refractivity (Wildman–Crippen MR) is 64.8 cm³/mol. The second kappa shape index (κ2) is 5.59. The highest BCUT2D eigenvalue weighted by atomic mass is 79.9. The number of hydrogen-bond donors (Lipinski definition) is 0. The Labute approximate surface area is 107 Å². The molecule has 7 heteroatoms. The monoisotopic (exact) mass is 303 g/mol. The van der Waals surface area contributed by atoms with E-state index in [1.807, 2.05) is 0 Å². The lowest BCUT2D eigenvalue weighted by Gasteiger charge is -2.07. The highest BCUT2D eigenvalue weighted by Crippen LogP contribution is 2.23.